The Morgan fingerprint density at radius 2 is 2.10 bits per heavy atom. The lowest BCUT2D eigenvalue weighted by Crippen LogP contribution is -2.29. The number of amides is 1. The van der Waals surface area contributed by atoms with Gasteiger partial charge < -0.3 is 11.1 Å². The number of rotatable bonds is 5. The highest BCUT2D eigenvalue weighted by Crippen LogP contribution is 2.20. The average Bonchev–Trinajstić information content (AvgIpc) is 2.77. The number of hydrogen-bond acceptors (Lipinski definition) is 4. The fraction of sp³-hybridized carbons (Fsp3) is 0.214. The Balaban J connectivity index is 1.83. The van der Waals surface area contributed by atoms with Crippen molar-refractivity contribution in [2.75, 3.05) is 24.6 Å². The van der Waals surface area contributed by atoms with Gasteiger partial charge in [0, 0.05) is 32.6 Å². The third-order valence-electron chi connectivity index (χ3n) is 2.66. The van der Waals surface area contributed by atoms with Crippen LogP contribution in [0.3, 0.4) is 0 Å². The van der Waals surface area contributed by atoms with Gasteiger partial charge in [-0.25, -0.2) is 0 Å². The number of nitrogen functional groups attached to an aromatic ring is 1. The van der Waals surface area contributed by atoms with E-state index in [1.165, 1.54) is 4.88 Å². The molecule has 0 saturated heterocycles. The van der Waals surface area contributed by atoms with Gasteiger partial charge in [-0.1, -0.05) is 0 Å². The Labute approximate surface area is 130 Å². The molecule has 0 fully saturated rings. The summed E-state index contributed by atoms with van der Waals surface area (Å²) in [5.41, 5.74) is 7.05. The monoisotopic (exact) mass is 353 g/mol. The molecule has 0 saturated carbocycles. The number of likely N-dealkylation sites (N-methyl/N-ethyl adjacent to an activating group) is 1. The number of benzene rings is 1. The first-order valence-corrected chi connectivity index (χ1v) is 7.77. The number of nitrogens with two attached hydrogens (primary N) is 1. The molecular formula is C14H16BrN3OS. The number of anilines is 2. The highest BCUT2D eigenvalue weighted by Gasteiger charge is 2.08. The van der Waals surface area contributed by atoms with Gasteiger partial charge in [0.2, 0.25) is 5.91 Å². The van der Waals surface area contributed by atoms with E-state index >= 15 is 0 Å². The maximum Gasteiger partial charge on any atom is 0.238 e. The van der Waals surface area contributed by atoms with Crippen LogP contribution >= 0.6 is 27.3 Å². The first-order valence-electron chi connectivity index (χ1n) is 6.10. The highest BCUT2D eigenvalue weighted by atomic mass is 79.9. The van der Waals surface area contributed by atoms with Gasteiger partial charge in [-0.15, -0.1) is 11.3 Å². The van der Waals surface area contributed by atoms with Gasteiger partial charge in [0.15, 0.2) is 0 Å². The van der Waals surface area contributed by atoms with Crippen LogP contribution < -0.4 is 11.1 Å². The van der Waals surface area contributed by atoms with Gasteiger partial charge in [-0.05, 0) is 53.3 Å². The molecule has 106 valence electrons. The number of nitrogens with zero attached hydrogens (tertiary/aromatic N) is 1. The molecule has 20 heavy (non-hydrogen) atoms. The second-order valence-electron chi connectivity index (χ2n) is 4.57. The number of carbonyl (C=O) groups is 1. The zero-order valence-corrected chi connectivity index (χ0v) is 13.5. The second-order valence-corrected chi connectivity index (χ2v) is 6.49. The Morgan fingerprint density at radius 3 is 2.70 bits per heavy atom. The predicted molar refractivity (Wildman–Crippen MR) is 87.8 cm³/mol. The standard InChI is InChI=1S/C14H16BrN3OS/c1-18(7-13-6-10(15)9-20-13)8-14(19)17-12-4-2-11(16)3-5-12/h2-6,9H,7-8,16H2,1H3,(H,17,19). The van der Waals surface area contributed by atoms with Crippen LogP contribution in [0.5, 0.6) is 0 Å². The van der Waals surface area contributed by atoms with Crippen molar-refractivity contribution in [2.45, 2.75) is 6.54 Å². The van der Waals surface area contributed by atoms with Gasteiger partial charge in [0.25, 0.3) is 0 Å². The topological polar surface area (TPSA) is 58.4 Å². The molecule has 0 spiro atoms. The lowest BCUT2D eigenvalue weighted by atomic mass is 10.3. The molecule has 0 aliphatic rings. The Kier molecular flexibility index (Phi) is 5.17. The van der Waals surface area contributed by atoms with Crippen LogP contribution in [0.15, 0.2) is 40.2 Å². The SMILES string of the molecule is CN(CC(=O)Nc1ccc(N)cc1)Cc1cc(Br)cs1. The van der Waals surface area contributed by atoms with E-state index in [0.29, 0.717) is 12.2 Å². The van der Waals surface area contributed by atoms with Crippen molar-refractivity contribution in [3.05, 3.63) is 45.1 Å². The summed E-state index contributed by atoms with van der Waals surface area (Å²) in [5, 5.41) is 4.89. The van der Waals surface area contributed by atoms with Crippen LogP contribution in [-0.2, 0) is 11.3 Å². The molecule has 0 radical (unpaired) electrons. The third kappa shape index (κ3) is 4.63. The Morgan fingerprint density at radius 1 is 1.40 bits per heavy atom. The van der Waals surface area contributed by atoms with Crippen LogP contribution in [0.25, 0.3) is 0 Å². The second kappa shape index (κ2) is 6.88. The van der Waals surface area contributed by atoms with Gasteiger partial charge in [0.1, 0.15) is 0 Å². The van der Waals surface area contributed by atoms with Crippen LogP contribution in [-0.4, -0.2) is 24.4 Å². The zero-order chi connectivity index (χ0) is 14.5. The van der Waals surface area contributed by atoms with E-state index in [1.807, 2.05) is 17.3 Å². The zero-order valence-electron chi connectivity index (χ0n) is 11.1. The Hall–Kier alpha value is -1.37. The highest BCUT2D eigenvalue weighted by molar-refractivity contribution is 9.10. The van der Waals surface area contributed by atoms with Gasteiger partial charge in [0.05, 0.1) is 6.54 Å². The average molecular weight is 354 g/mol. The lowest BCUT2D eigenvalue weighted by molar-refractivity contribution is -0.117. The van der Waals surface area contributed by atoms with Crippen molar-refractivity contribution in [3.8, 4) is 0 Å². The molecule has 1 heterocycles. The maximum atomic E-state index is 11.9. The van der Waals surface area contributed by atoms with Crippen molar-refractivity contribution >= 4 is 44.5 Å². The molecule has 1 aromatic carbocycles. The van der Waals surface area contributed by atoms with E-state index in [1.54, 1.807) is 35.6 Å². The van der Waals surface area contributed by atoms with Crippen molar-refractivity contribution in [2.24, 2.45) is 0 Å². The summed E-state index contributed by atoms with van der Waals surface area (Å²) >= 11 is 5.10. The third-order valence-corrected chi connectivity index (χ3v) is 4.34. The van der Waals surface area contributed by atoms with E-state index in [4.69, 9.17) is 5.73 Å². The number of thiophene rings is 1. The molecule has 3 N–H and O–H groups in total. The molecule has 0 unspecified atom stereocenters. The van der Waals surface area contributed by atoms with Crippen LogP contribution in [0.2, 0.25) is 0 Å². The Bertz CT molecular complexity index is 582. The molecule has 0 aliphatic heterocycles. The number of hydrogen-bond donors (Lipinski definition) is 2. The van der Waals surface area contributed by atoms with Crippen molar-refractivity contribution < 1.29 is 4.79 Å². The molecular weight excluding hydrogens is 338 g/mol. The molecule has 1 aromatic heterocycles. The molecule has 6 heteroatoms. The first-order chi connectivity index (χ1) is 9.52. The molecule has 4 nitrogen and oxygen atoms in total. The minimum absolute atomic E-state index is 0.0344. The molecule has 0 atom stereocenters. The van der Waals surface area contributed by atoms with E-state index in [2.05, 4.69) is 27.3 Å². The summed E-state index contributed by atoms with van der Waals surface area (Å²) in [6, 6.07) is 9.19. The fourth-order valence-electron chi connectivity index (χ4n) is 1.77. The van der Waals surface area contributed by atoms with Gasteiger partial charge in [-0.2, -0.15) is 0 Å². The summed E-state index contributed by atoms with van der Waals surface area (Å²) in [7, 11) is 1.93. The molecule has 2 aromatic rings. The number of carbonyl (C=O) groups excluding carboxylic acids is 1. The molecule has 1 amide bonds. The van der Waals surface area contributed by atoms with E-state index in [9.17, 15) is 4.79 Å². The first kappa shape index (κ1) is 15.0. The molecule has 0 bridgehead atoms. The van der Waals surface area contributed by atoms with Crippen molar-refractivity contribution in [1.82, 2.24) is 4.90 Å². The van der Waals surface area contributed by atoms with Crippen LogP contribution in [0.4, 0.5) is 11.4 Å². The smallest absolute Gasteiger partial charge is 0.238 e. The quantitative estimate of drug-likeness (QED) is 0.811. The van der Waals surface area contributed by atoms with E-state index < -0.39 is 0 Å². The van der Waals surface area contributed by atoms with Crippen molar-refractivity contribution in [1.29, 1.82) is 0 Å². The van der Waals surface area contributed by atoms with Crippen LogP contribution in [0.1, 0.15) is 4.88 Å². The largest absolute Gasteiger partial charge is 0.399 e. The summed E-state index contributed by atoms with van der Waals surface area (Å²) < 4.78 is 1.08. The number of halogens is 1. The maximum absolute atomic E-state index is 11.9. The van der Waals surface area contributed by atoms with E-state index in [-0.39, 0.29) is 5.91 Å². The predicted octanol–water partition coefficient (Wildman–Crippen LogP) is 3.16. The van der Waals surface area contributed by atoms with Crippen molar-refractivity contribution in [3.63, 3.8) is 0 Å². The van der Waals surface area contributed by atoms with Gasteiger partial charge in [-0.3, -0.25) is 9.69 Å². The fourth-order valence-corrected chi connectivity index (χ4v) is 3.30. The van der Waals surface area contributed by atoms with E-state index in [0.717, 1.165) is 16.7 Å². The van der Waals surface area contributed by atoms with Crippen LogP contribution in [0, 0.1) is 0 Å². The summed E-state index contributed by atoms with van der Waals surface area (Å²) in [6.45, 7) is 1.10. The molecule has 2 rings (SSSR count). The summed E-state index contributed by atoms with van der Waals surface area (Å²) in [4.78, 5) is 15.1. The minimum Gasteiger partial charge on any atom is -0.399 e. The molecule has 0 aliphatic carbocycles. The van der Waals surface area contributed by atoms with Gasteiger partial charge >= 0.3 is 0 Å². The lowest BCUT2D eigenvalue weighted by Gasteiger charge is -2.15. The normalized spacial score (nSPS) is 10.8. The number of nitrogens with one attached hydrogen (secondary N) is 1. The summed E-state index contributed by atoms with van der Waals surface area (Å²) in [5.74, 6) is -0.0344. The minimum atomic E-state index is -0.0344. The summed E-state index contributed by atoms with van der Waals surface area (Å²) in [6.07, 6.45) is 0.